The molecule has 5 nitrogen and oxygen atoms in total. The highest BCUT2D eigenvalue weighted by Gasteiger charge is 2.22. The van der Waals surface area contributed by atoms with Crippen LogP contribution in [0.25, 0.3) is 0 Å². The highest BCUT2D eigenvalue weighted by molar-refractivity contribution is 5.79. The van der Waals surface area contributed by atoms with Crippen molar-refractivity contribution in [2.24, 2.45) is 5.92 Å². The van der Waals surface area contributed by atoms with Crippen LogP contribution in [0.1, 0.15) is 6.92 Å². The van der Waals surface area contributed by atoms with Crippen LogP contribution in [-0.2, 0) is 14.3 Å². The van der Waals surface area contributed by atoms with Crippen molar-refractivity contribution < 1.29 is 19.4 Å². The number of rotatable bonds is 3. The zero-order valence-electron chi connectivity index (χ0n) is 7.52. The molecule has 0 bridgehead atoms. The average Bonchev–Trinajstić information content (AvgIpc) is 2.08. The predicted molar refractivity (Wildman–Crippen MR) is 44.2 cm³/mol. The lowest BCUT2D eigenvalue weighted by Gasteiger charge is -2.27. The van der Waals surface area contributed by atoms with Gasteiger partial charge in [-0.25, -0.2) is 0 Å². The predicted octanol–water partition coefficient (Wildman–Crippen LogP) is -0.434. The number of nitrogens with zero attached hydrogens (tertiary/aromatic N) is 1. The van der Waals surface area contributed by atoms with Gasteiger partial charge >= 0.3 is 5.97 Å². The summed E-state index contributed by atoms with van der Waals surface area (Å²) in [5.74, 6) is -1.51. The molecule has 1 rings (SSSR count). The molecule has 1 fully saturated rings. The van der Waals surface area contributed by atoms with Crippen molar-refractivity contribution in [1.29, 1.82) is 0 Å². The van der Waals surface area contributed by atoms with E-state index in [2.05, 4.69) is 0 Å². The Morgan fingerprint density at radius 2 is 2.46 bits per heavy atom. The summed E-state index contributed by atoms with van der Waals surface area (Å²) in [5.41, 5.74) is 0. The van der Waals surface area contributed by atoms with Crippen molar-refractivity contribution in [2.75, 3.05) is 26.3 Å². The van der Waals surface area contributed by atoms with Gasteiger partial charge in [-0.1, -0.05) is 6.92 Å². The Hall–Kier alpha value is -1.10. The molecule has 1 amide bonds. The monoisotopic (exact) mass is 187 g/mol. The lowest BCUT2D eigenvalue weighted by molar-refractivity contribution is -0.147. The number of amides is 1. The first-order valence-corrected chi connectivity index (χ1v) is 4.19. The quantitative estimate of drug-likeness (QED) is 0.650. The number of carboxylic acids is 1. The van der Waals surface area contributed by atoms with Crippen LogP contribution in [0.15, 0.2) is 0 Å². The summed E-state index contributed by atoms with van der Waals surface area (Å²) < 4.78 is 4.92. The van der Waals surface area contributed by atoms with Crippen molar-refractivity contribution in [3.05, 3.63) is 0 Å². The van der Waals surface area contributed by atoms with E-state index in [0.717, 1.165) is 0 Å². The lowest BCUT2D eigenvalue weighted by atomic mass is 10.1. The molecule has 0 aromatic carbocycles. The van der Waals surface area contributed by atoms with E-state index in [1.807, 2.05) is 0 Å². The molecule has 13 heavy (non-hydrogen) atoms. The molecule has 1 unspecified atom stereocenters. The summed E-state index contributed by atoms with van der Waals surface area (Å²) in [4.78, 5) is 23.2. The third-order valence-corrected chi connectivity index (χ3v) is 2.00. The number of carboxylic acid groups (broad SMARTS) is 1. The third kappa shape index (κ3) is 2.69. The van der Waals surface area contributed by atoms with E-state index in [1.54, 1.807) is 6.92 Å². The number of ether oxygens (including phenoxy) is 1. The summed E-state index contributed by atoms with van der Waals surface area (Å²) in [6.07, 6.45) is 0. The summed E-state index contributed by atoms with van der Waals surface area (Å²) in [6.45, 7) is 2.93. The Morgan fingerprint density at radius 1 is 1.77 bits per heavy atom. The van der Waals surface area contributed by atoms with E-state index in [-0.39, 0.29) is 19.1 Å². The Balaban J connectivity index is 2.42. The van der Waals surface area contributed by atoms with Gasteiger partial charge in [0.05, 0.1) is 12.5 Å². The van der Waals surface area contributed by atoms with Crippen LogP contribution in [-0.4, -0.2) is 48.2 Å². The van der Waals surface area contributed by atoms with Crippen LogP contribution >= 0.6 is 0 Å². The zero-order valence-corrected chi connectivity index (χ0v) is 7.52. The normalized spacial score (nSPS) is 20.1. The first-order chi connectivity index (χ1) is 6.11. The molecule has 0 aromatic rings. The van der Waals surface area contributed by atoms with Gasteiger partial charge in [-0.15, -0.1) is 0 Å². The highest BCUT2D eigenvalue weighted by atomic mass is 16.5. The third-order valence-electron chi connectivity index (χ3n) is 2.00. The molecule has 1 heterocycles. The standard InChI is InChI=1S/C8H13NO4/c1-6(8(11)12)4-9-2-3-13-5-7(9)10/h6H,2-5H2,1H3,(H,11,12). The number of carbonyl (C=O) groups excluding carboxylic acids is 1. The molecule has 0 saturated carbocycles. The molecule has 0 spiro atoms. The maximum Gasteiger partial charge on any atom is 0.308 e. The number of aliphatic carboxylic acids is 1. The molecule has 1 saturated heterocycles. The summed E-state index contributed by atoms with van der Waals surface area (Å²) in [5, 5.41) is 8.63. The molecule has 0 aliphatic carbocycles. The lowest BCUT2D eigenvalue weighted by Crippen LogP contribution is -2.44. The van der Waals surface area contributed by atoms with Gasteiger partial charge in [0, 0.05) is 13.1 Å². The molecule has 1 aliphatic heterocycles. The van der Waals surface area contributed by atoms with Gasteiger partial charge in [0.25, 0.3) is 0 Å². The van der Waals surface area contributed by atoms with Gasteiger partial charge in [0.1, 0.15) is 6.61 Å². The van der Waals surface area contributed by atoms with Crippen molar-refractivity contribution in [3.8, 4) is 0 Å². The van der Waals surface area contributed by atoms with Crippen LogP contribution in [0.5, 0.6) is 0 Å². The van der Waals surface area contributed by atoms with Gasteiger partial charge in [0.2, 0.25) is 5.91 Å². The first kappa shape index (κ1) is 9.98. The molecular weight excluding hydrogens is 174 g/mol. The van der Waals surface area contributed by atoms with Crippen LogP contribution in [0.2, 0.25) is 0 Å². The van der Waals surface area contributed by atoms with Crippen molar-refractivity contribution in [2.45, 2.75) is 6.92 Å². The maximum absolute atomic E-state index is 11.2. The second kappa shape index (κ2) is 4.23. The van der Waals surface area contributed by atoms with Crippen LogP contribution in [0, 0.1) is 5.92 Å². The Kier molecular flexibility index (Phi) is 3.25. The van der Waals surface area contributed by atoms with E-state index in [1.165, 1.54) is 4.90 Å². The molecule has 74 valence electrons. The van der Waals surface area contributed by atoms with Crippen molar-refractivity contribution in [1.82, 2.24) is 4.90 Å². The second-order valence-corrected chi connectivity index (χ2v) is 3.13. The van der Waals surface area contributed by atoms with E-state index in [0.29, 0.717) is 13.2 Å². The van der Waals surface area contributed by atoms with Crippen LogP contribution < -0.4 is 0 Å². The van der Waals surface area contributed by atoms with E-state index in [4.69, 9.17) is 9.84 Å². The topological polar surface area (TPSA) is 66.8 Å². The Bertz CT molecular complexity index is 216. The second-order valence-electron chi connectivity index (χ2n) is 3.13. The highest BCUT2D eigenvalue weighted by Crippen LogP contribution is 2.04. The largest absolute Gasteiger partial charge is 0.481 e. The fourth-order valence-electron chi connectivity index (χ4n) is 1.15. The molecular formula is C8H13NO4. The van der Waals surface area contributed by atoms with Gasteiger partial charge in [-0.3, -0.25) is 9.59 Å². The summed E-state index contributed by atoms with van der Waals surface area (Å²) in [7, 11) is 0. The zero-order chi connectivity index (χ0) is 9.84. The van der Waals surface area contributed by atoms with E-state index < -0.39 is 11.9 Å². The molecule has 1 atom stereocenters. The molecule has 5 heteroatoms. The number of carbonyl (C=O) groups is 2. The molecule has 1 aliphatic rings. The van der Waals surface area contributed by atoms with Gasteiger partial charge < -0.3 is 14.7 Å². The summed E-state index contributed by atoms with van der Waals surface area (Å²) >= 11 is 0. The number of hydrogen-bond donors (Lipinski definition) is 1. The van der Waals surface area contributed by atoms with Gasteiger partial charge in [-0.2, -0.15) is 0 Å². The Morgan fingerprint density at radius 3 is 3.00 bits per heavy atom. The van der Waals surface area contributed by atoms with Crippen molar-refractivity contribution >= 4 is 11.9 Å². The molecule has 1 N–H and O–H groups in total. The Labute approximate surface area is 76.3 Å². The first-order valence-electron chi connectivity index (χ1n) is 4.19. The van der Waals surface area contributed by atoms with E-state index in [9.17, 15) is 9.59 Å². The van der Waals surface area contributed by atoms with Crippen LogP contribution in [0.3, 0.4) is 0 Å². The fourth-order valence-corrected chi connectivity index (χ4v) is 1.15. The fraction of sp³-hybridized carbons (Fsp3) is 0.750. The smallest absolute Gasteiger partial charge is 0.308 e. The van der Waals surface area contributed by atoms with Crippen molar-refractivity contribution in [3.63, 3.8) is 0 Å². The SMILES string of the molecule is CC(CN1CCOCC1=O)C(=O)O. The maximum atomic E-state index is 11.2. The van der Waals surface area contributed by atoms with Gasteiger partial charge in [0.15, 0.2) is 0 Å². The molecule has 0 radical (unpaired) electrons. The average molecular weight is 187 g/mol. The number of hydrogen-bond acceptors (Lipinski definition) is 3. The minimum atomic E-state index is -0.876. The van der Waals surface area contributed by atoms with E-state index >= 15 is 0 Å². The summed E-state index contributed by atoms with van der Waals surface area (Å²) in [6, 6.07) is 0. The molecule has 0 aromatic heterocycles. The minimum Gasteiger partial charge on any atom is -0.481 e. The number of morpholine rings is 1. The van der Waals surface area contributed by atoms with Gasteiger partial charge in [-0.05, 0) is 0 Å². The minimum absolute atomic E-state index is 0.0757. The van der Waals surface area contributed by atoms with Crippen LogP contribution in [0.4, 0.5) is 0 Å².